The number of rotatable bonds is 4. The van der Waals surface area contributed by atoms with Gasteiger partial charge < -0.3 is 29.5 Å². The van der Waals surface area contributed by atoms with E-state index in [4.69, 9.17) is 14.6 Å². The Morgan fingerprint density at radius 2 is 1.84 bits per heavy atom. The van der Waals surface area contributed by atoms with Gasteiger partial charge in [0.15, 0.2) is 0 Å². The molecule has 2 aliphatic rings. The van der Waals surface area contributed by atoms with Gasteiger partial charge >= 0.3 is 11.9 Å². The molecule has 2 aliphatic heterocycles. The minimum absolute atomic E-state index is 0.113. The molecule has 170 valence electrons. The number of amides is 1. The number of likely N-dealkylation sites (N-methyl/N-ethyl adjacent to an activating group) is 1. The summed E-state index contributed by atoms with van der Waals surface area (Å²) in [6, 6.07) is 4.00. The molecule has 1 spiro atoms. The number of piperidine rings is 1. The lowest BCUT2D eigenvalue weighted by Gasteiger charge is -2.36. The van der Waals surface area contributed by atoms with Crippen LogP contribution in [0.5, 0.6) is 5.75 Å². The molecule has 2 saturated heterocycles. The molecule has 3 rings (SSSR count). The molecule has 1 aromatic carbocycles. The molecule has 10 nitrogen and oxygen atoms in total. The molecule has 0 aromatic heterocycles. The third-order valence-electron chi connectivity index (χ3n) is 5.49. The normalized spacial score (nSPS) is 19.4. The molecule has 1 atom stereocenters. The van der Waals surface area contributed by atoms with E-state index in [-0.39, 0.29) is 41.3 Å². The van der Waals surface area contributed by atoms with E-state index in [2.05, 4.69) is 4.74 Å². The van der Waals surface area contributed by atoms with Crippen molar-refractivity contribution in [1.82, 2.24) is 9.80 Å². The van der Waals surface area contributed by atoms with Gasteiger partial charge in [0.2, 0.25) is 0 Å². The Bertz CT molecular complexity index is 831. The van der Waals surface area contributed by atoms with E-state index in [0.717, 1.165) is 0 Å². The van der Waals surface area contributed by atoms with Crippen molar-refractivity contribution in [1.29, 1.82) is 0 Å². The number of methoxy groups -OCH3 is 1. The van der Waals surface area contributed by atoms with Crippen molar-refractivity contribution in [2.24, 2.45) is 5.41 Å². The molecular formula is C21H28N2O8. The number of cyclic esters (lactones) is 1. The van der Waals surface area contributed by atoms with Gasteiger partial charge in [-0.25, -0.2) is 4.79 Å². The van der Waals surface area contributed by atoms with Crippen molar-refractivity contribution in [3.63, 3.8) is 0 Å². The average molecular weight is 436 g/mol. The smallest absolute Gasteiger partial charge is 0.338 e. The Balaban J connectivity index is 0.00000107. The summed E-state index contributed by atoms with van der Waals surface area (Å²) in [5.41, 5.74) is -0.186. The summed E-state index contributed by atoms with van der Waals surface area (Å²) in [6.07, 6.45) is 1.65. The van der Waals surface area contributed by atoms with Crippen molar-refractivity contribution in [3.8, 4) is 5.75 Å². The summed E-state index contributed by atoms with van der Waals surface area (Å²) >= 11 is 0. The fourth-order valence-electron chi connectivity index (χ4n) is 4.05. The molecule has 31 heavy (non-hydrogen) atoms. The van der Waals surface area contributed by atoms with Crippen LogP contribution in [0.25, 0.3) is 0 Å². The molecule has 0 radical (unpaired) electrons. The lowest BCUT2D eigenvalue weighted by atomic mass is 9.76. The van der Waals surface area contributed by atoms with Gasteiger partial charge in [-0.05, 0) is 45.1 Å². The number of carbonyl (C=O) groups is 4. The maximum absolute atomic E-state index is 12.8. The van der Waals surface area contributed by atoms with Gasteiger partial charge in [0, 0.05) is 31.6 Å². The number of aromatic hydroxyl groups is 1. The summed E-state index contributed by atoms with van der Waals surface area (Å²) in [7, 11) is 5.12. The molecule has 0 saturated carbocycles. The first-order chi connectivity index (χ1) is 14.7. The Labute approximate surface area is 180 Å². The number of hydrogen-bond donors (Lipinski definition) is 2. The molecule has 2 fully saturated rings. The number of phenolic OH excluding ortho intramolecular Hbond substituents is 1. The van der Waals surface area contributed by atoms with E-state index < -0.39 is 11.4 Å². The number of carboxylic acid groups (broad SMARTS) is 1. The minimum Gasteiger partial charge on any atom is -0.508 e. The van der Waals surface area contributed by atoms with E-state index >= 15 is 0 Å². The molecule has 0 aliphatic carbocycles. The second-order valence-corrected chi connectivity index (χ2v) is 7.93. The first-order valence-corrected chi connectivity index (χ1v) is 9.81. The van der Waals surface area contributed by atoms with Crippen LogP contribution in [0.3, 0.4) is 0 Å². The summed E-state index contributed by atoms with van der Waals surface area (Å²) < 4.78 is 10.2. The zero-order chi connectivity index (χ0) is 23.2. The van der Waals surface area contributed by atoms with E-state index in [0.29, 0.717) is 38.9 Å². The summed E-state index contributed by atoms with van der Waals surface area (Å²) in [5.74, 6) is -1.25. The fraction of sp³-hybridized carbons (Fsp3) is 0.524. The minimum atomic E-state index is -0.622. The number of esters is 2. The van der Waals surface area contributed by atoms with Gasteiger partial charge in [-0.1, -0.05) is 0 Å². The van der Waals surface area contributed by atoms with Gasteiger partial charge in [-0.15, -0.1) is 0 Å². The van der Waals surface area contributed by atoms with Crippen LogP contribution >= 0.6 is 0 Å². The highest BCUT2D eigenvalue weighted by Crippen LogP contribution is 2.43. The zero-order valence-electron chi connectivity index (χ0n) is 17.9. The van der Waals surface area contributed by atoms with E-state index in [1.165, 1.54) is 25.3 Å². The highest BCUT2D eigenvalue weighted by molar-refractivity contribution is 5.98. The second-order valence-electron chi connectivity index (χ2n) is 7.93. The predicted molar refractivity (Wildman–Crippen MR) is 109 cm³/mol. The molecule has 2 heterocycles. The third-order valence-corrected chi connectivity index (χ3v) is 5.49. The monoisotopic (exact) mass is 436 g/mol. The lowest BCUT2D eigenvalue weighted by Crippen LogP contribution is -2.45. The van der Waals surface area contributed by atoms with Crippen molar-refractivity contribution in [2.75, 3.05) is 40.8 Å². The van der Waals surface area contributed by atoms with Gasteiger partial charge in [-0.3, -0.25) is 14.4 Å². The maximum atomic E-state index is 12.8. The average Bonchev–Trinajstić information content (AvgIpc) is 3.01. The van der Waals surface area contributed by atoms with Crippen molar-refractivity contribution >= 4 is 24.3 Å². The molecule has 1 amide bonds. The third kappa shape index (κ3) is 5.72. The molecule has 2 N–H and O–H groups in total. The number of ether oxygens (including phenoxy) is 2. The van der Waals surface area contributed by atoms with Crippen LogP contribution in [-0.4, -0.2) is 91.3 Å². The molecule has 0 bridgehead atoms. The van der Waals surface area contributed by atoms with Crippen molar-refractivity contribution in [3.05, 3.63) is 29.3 Å². The SMILES string of the molecule is COC(=O)c1cc(O)cc(C(=O)N2CCC3(CC2)CC(CN(C)C)OC3=O)c1.O=CO. The van der Waals surface area contributed by atoms with E-state index in [9.17, 15) is 19.5 Å². The first-order valence-electron chi connectivity index (χ1n) is 9.81. The topological polar surface area (TPSA) is 134 Å². The Kier molecular flexibility index (Phi) is 7.98. The van der Waals surface area contributed by atoms with E-state index in [1.807, 2.05) is 19.0 Å². The van der Waals surface area contributed by atoms with Gasteiger partial charge in [0.25, 0.3) is 12.4 Å². The Morgan fingerprint density at radius 3 is 2.39 bits per heavy atom. The van der Waals surface area contributed by atoms with Crippen LogP contribution < -0.4 is 0 Å². The van der Waals surface area contributed by atoms with Gasteiger partial charge in [0.05, 0.1) is 18.1 Å². The summed E-state index contributed by atoms with van der Waals surface area (Å²) in [5, 5.41) is 16.7. The molecule has 10 heteroatoms. The lowest BCUT2D eigenvalue weighted by molar-refractivity contribution is -0.150. The van der Waals surface area contributed by atoms with Crippen molar-refractivity contribution in [2.45, 2.75) is 25.4 Å². The number of likely N-dealkylation sites (tertiary alicyclic amines) is 1. The predicted octanol–water partition coefficient (Wildman–Crippen LogP) is 0.979. The second kappa shape index (κ2) is 10.3. The van der Waals surface area contributed by atoms with E-state index in [1.54, 1.807) is 4.90 Å². The van der Waals surface area contributed by atoms with Crippen LogP contribution in [0.15, 0.2) is 18.2 Å². The number of nitrogens with zero attached hydrogens (tertiary/aromatic N) is 2. The summed E-state index contributed by atoms with van der Waals surface area (Å²) in [4.78, 5) is 49.0. The molecule has 1 aromatic rings. The summed E-state index contributed by atoms with van der Waals surface area (Å²) in [6.45, 7) is 1.29. The van der Waals surface area contributed by atoms with Crippen LogP contribution in [0.4, 0.5) is 0 Å². The first kappa shape index (κ1) is 24.1. The maximum Gasteiger partial charge on any atom is 0.338 e. The van der Waals surface area contributed by atoms with Crippen LogP contribution in [0, 0.1) is 5.41 Å². The van der Waals surface area contributed by atoms with Crippen molar-refractivity contribution < 1.29 is 38.9 Å². The fourth-order valence-corrected chi connectivity index (χ4v) is 4.05. The van der Waals surface area contributed by atoms with Crippen LogP contribution in [0.1, 0.15) is 40.0 Å². The van der Waals surface area contributed by atoms with Gasteiger partial charge in [0.1, 0.15) is 11.9 Å². The number of benzene rings is 1. The Morgan fingerprint density at radius 1 is 1.26 bits per heavy atom. The zero-order valence-corrected chi connectivity index (χ0v) is 17.9. The molecule has 1 unspecified atom stereocenters. The number of phenols is 1. The van der Waals surface area contributed by atoms with Crippen LogP contribution in [-0.2, 0) is 19.1 Å². The quantitative estimate of drug-likeness (QED) is 0.523. The Hall–Kier alpha value is -3.14. The van der Waals surface area contributed by atoms with Crippen LogP contribution in [0.2, 0.25) is 0 Å². The molecular weight excluding hydrogens is 408 g/mol. The highest BCUT2D eigenvalue weighted by Gasteiger charge is 2.50. The standard InChI is InChI=1S/C20H26N2O6.CH2O2/c1-21(2)12-16-11-20(19(26)28-16)4-6-22(7-5-20)17(24)13-8-14(18(25)27-3)10-15(23)9-13;2-1-3/h8-10,16,23H,4-7,11-12H2,1-3H3;1H,(H,2,3). The number of hydrogen-bond acceptors (Lipinski definition) is 8. The highest BCUT2D eigenvalue weighted by atomic mass is 16.6. The number of carbonyl (C=O) groups excluding carboxylic acids is 3. The van der Waals surface area contributed by atoms with Gasteiger partial charge in [-0.2, -0.15) is 0 Å². The largest absolute Gasteiger partial charge is 0.508 e.